The number of hydrogen-bond acceptors (Lipinski definition) is 2. The van der Waals surface area contributed by atoms with Gasteiger partial charge in [0.05, 0.1) is 12.0 Å². The lowest BCUT2D eigenvalue weighted by atomic mass is 10.3. The lowest BCUT2D eigenvalue weighted by molar-refractivity contribution is -0.564. The maximum absolute atomic E-state index is 10.8. The van der Waals surface area contributed by atoms with Crippen LogP contribution in [0.25, 0.3) is 0 Å². The Labute approximate surface area is 80.0 Å². The fraction of sp³-hybridized carbons (Fsp3) is 0.143. The predicted octanol–water partition coefficient (Wildman–Crippen LogP) is 2.04. The zero-order valence-electron chi connectivity index (χ0n) is 6.88. The largest absolute Gasteiger partial charge is 0.569 e. The van der Waals surface area contributed by atoms with Crippen LogP contribution in [0, 0.1) is 5.21 Å². The van der Waals surface area contributed by atoms with E-state index in [0.717, 1.165) is 5.01 Å². The summed E-state index contributed by atoms with van der Waals surface area (Å²) in [5, 5.41) is 23.1. The van der Waals surface area contributed by atoms with Crippen LogP contribution in [0.1, 0.15) is 0 Å². The third-order valence-corrected chi connectivity index (χ3v) is 1.79. The molecule has 0 aliphatic rings. The molecule has 0 amide bonds. The molecule has 1 aromatic carbocycles. The highest BCUT2D eigenvalue weighted by molar-refractivity contribution is 6.30. The van der Waals surface area contributed by atoms with Crippen molar-refractivity contribution in [2.75, 3.05) is 12.1 Å². The topological polar surface area (TPSA) is 61.9 Å². The van der Waals surface area contributed by atoms with Gasteiger partial charge in [-0.2, -0.15) is 0 Å². The molecule has 0 saturated heterocycles. The van der Waals surface area contributed by atoms with Crippen LogP contribution in [-0.4, -0.2) is 17.2 Å². The maximum Gasteiger partial charge on any atom is 0.231 e. The summed E-state index contributed by atoms with van der Waals surface area (Å²) < 4.78 is 0. The number of nitrogens with zero attached hydrogens (tertiary/aromatic N) is 3. The zero-order valence-corrected chi connectivity index (χ0v) is 7.64. The summed E-state index contributed by atoms with van der Waals surface area (Å²) in [6.45, 7) is 0. The second-order valence-electron chi connectivity index (χ2n) is 2.34. The molecular weight excluding hydrogens is 194 g/mol. The molecule has 0 atom stereocenters. The average molecular weight is 202 g/mol. The first-order valence-corrected chi connectivity index (χ1v) is 3.84. The van der Waals surface area contributed by atoms with E-state index in [4.69, 9.17) is 16.8 Å². The lowest BCUT2D eigenvalue weighted by Crippen LogP contribution is -2.25. The van der Waals surface area contributed by atoms with Crippen LogP contribution in [0.2, 0.25) is 5.02 Å². The first kappa shape index (κ1) is 9.60. The Morgan fingerprint density at radius 1 is 1.46 bits per heavy atom. The monoisotopic (exact) mass is 201 g/mol. The number of rotatable bonds is 2. The molecule has 6 heteroatoms. The van der Waals surface area contributed by atoms with Crippen LogP contribution in [0.5, 0.6) is 0 Å². The minimum Gasteiger partial charge on any atom is -0.569 e. The molecule has 0 heterocycles. The molecule has 1 rings (SSSR count). The molecule has 1 aromatic rings. The SMILES string of the molecule is CN(c1ccc(Cl)cc1)/[N+]([O-])=N/O. The highest BCUT2D eigenvalue weighted by atomic mass is 35.5. The maximum atomic E-state index is 10.8. The van der Waals surface area contributed by atoms with Crippen molar-refractivity contribution in [1.29, 1.82) is 0 Å². The molecule has 0 bridgehead atoms. The molecule has 5 nitrogen and oxygen atoms in total. The fourth-order valence-corrected chi connectivity index (χ4v) is 0.942. The van der Waals surface area contributed by atoms with Gasteiger partial charge in [-0.25, -0.2) is 0 Å². The number of halogens is 1. The summed E-state index contributed by atoms with van der Waals surface area (Å²) in [7, 11) is 1.47. The van der Waals surface area contributed by atoms with Gasteiger partial charge < -0.3 is 10.4 Å². The summed E-state index contributed by atoms with van der Waals surface area (Å²) in [6, 6.07) is 6.55. The summed E-state index contributed by atoms with van der Waals surface area (Å²) in [6.07, 6.45) is 0. The second-order valence-corrected chi connectivity index (χ2v) is 2.78. The van der Waals surface area contributed by atoms with Gasteiger partial charge in [0, 0.05) is 5.02 Å². The third kappa shape index (κ3) is 2.22. The Kier molecular flexibility index (Phi) is 2.92. The first-order chi connectivity index (χ1) is 6.15. The van der Waals surface area contributed by atoms with Gasteiger partial charge in [0.15, 0.2) is 0 Å². The van der Waals surface area contributed by atoms with E-state index in [1.807, 2.05) is 0 Å². The first-order valence-electron chi connectivity index (χ1n) is 3.46. The second kappa shape index (κ2) is 3.95. The Hall–Kier alpha value is -1.49. The zero-order chi connectivity index (χ0) is 9.84. The van der Waals surface area contributed by atoms with Crippen molar-refractivity contribution in [2.24, 2.45) is 5.28 Å². The van der Waals surface area contributed by atoms with E-state index in [9.17, 15) is 5.21 Å². The molecule has 0 fully saturated rings. The molecule has 0 aromatic heterocycles. The van der Waals surface area contributed by atoms with Crippen LogP contribution in [0.4, 0.5) is 5.69 Å². The Bertz CT molecular complexity index is 312. The van der Waals surface area contributed by atoms with Crippen molar-refractivity contribution in [3.63, 3.8) is 0 Å². The standard InChI is InChI=1S/C7H8ClN3O2/c1-10(11(13)9-12)7-4-2-6(8)3-5-7/h2-5,12H,1H3/b11-9-. The highest BCUT2D eigenvalue weighted by Gasteiger charge is 2.08. The van der Waals surface area contributed by atoms with E-state index < -0.39 is 0 Å². The van der Waals surface area contributed by atoms with Gasteiger partial charge in [0.25, 0.3) is 0 Å². The molecule has 1 N–H and O–H groups in total. The van der Waals surface area contributed by atoms with Gasteiger partial charge in [0.2, 0.25) is 5.28 Å². The van der Waals surface area contributed by atoms with Crippen molar-refractivity contribution >= 4 is 17.3 Å². The summed E-state index contributed by atoms with van der Waals surface area (Å²) in [4.78, 5) is 0.0588. The van der Waals surface area contributed by atoms with Crippen molar-refractivity contribution in [3.8, 4) is 0 Å². The van der Waals surface area contributed by atoms with Gasteiger partial charge in [-0.1, -0.05) is 11.6 Å². The molecular formula is C7H8ClN3O2. The van der Waals surface area contributed by atoms with E-state index >= 15 is 0 Å². The van der Waals surface area contributed by atoms with Crippen molar-refractivity contribution in [2.45, 2.75) is 0 Å². The van der Waals surface area contributed by atoms with Crippen LogP contribution in [-0.2, 0) is 0 Å². The van der Waals surface area contributed by atoms with Gasteiger partial charge in [-0.3, -0.25) is 0 Å². The van der Waals surface area contributed by atoms with Crippen molar-refractivity contribution < 1.29 is 10.2 Å². The van der Waals surface area contributed by atoms with E-state index in [-0.39, 0.29) is 4.97 Å². The van der Waals surface area contributed by atoms with Crippen LogP contribution >= 0.6 is 11.6 Å². The number of benzene rings is 1. The molecule has 0 aliphatic carbocycles. The Morgan fingerprint density at radius 3 is 2.46 bits per heavy atom. The molecule has 0 unspecified atom stereocenters. The van der Waals surface area contributed by atoms with Crippen LogP contribution in [0.3, 0.4) is 0 Å². The number of hydrazine groups is 1. The summed E-state index contributed by atoms with van der Waals surface area (Å²) >= 11 is 5.65. The normalized spacial score (nSPS) is 11.4. The quantitative estimate of drug-likeness (QED) is 0.453. The molecule has 0 spiro atoms. The van der Waals surface area contributed by atoms with Crippen LogP contribution in [0.15, 0.2) is 29.5 Å². The number of hydrogen-bond donors (Lipinski definition) is 1. The molecule has 70 valence electrons. The lowest BCUT2D eigenvalue weighted by Gasteiger charge is -2.11. The van der Waals surface area contributed by atoms with E-state index in [0.29, 0.717) is 10.7 Å². The fourth-order valence-electron chi connectivity index (χ4n) is 0.816. The Morgan fingerprint density at radius 2 is 2.00 bits per heavy atom. The molecule has 0 aliphatic heterocycles. The third-order valence-electron chi connectivity index (χ3n) is 1.53. The van der Waals surface area contributed by atoms with E-state index in [2.05, 4.69) is 5.28 Å². The minimum absolute atomic E-state index is 0.0588. The number of anilines is 1. The van der Waals surface area contributed by atoms with Crippen LogP contribution < -0.4 is 5.01 Å². The smallest absolute Gasteiger partial charge is 0.231 e. The summed E-state index contributed by atoms with van der Waals surface area (Å²) in [5.74, 6) is 0. The van der Waals surface area contributed by atoms with Gasteiger partial charge >= 0.3 is 0 Å². The summed E-state index contributed by atoms with van der Waals surface area (Å²) in [5.41, 5.74) is 0.581. The van der Waals surface area contributed by atoms with Crippen molar-refractivity contribution in [1.82, 2.24) is 0 Å². The van der Waals surface area contributed by atoms with Crippen molar-refractivity contribution in [3.05, 3.63) is 34.5 Å². The van der Waals surface area contributed by atoms with Gasteiger partial charge in [0.1, 0.15) is 5.69 Å². The van der Waals surface area contributed by atoms with E-state index in [1.54, 1.807) is 24.3 Å². The van der Waals surface area contributed by atoms with Gasteiger partial charge in [-0.05, 0) is 24.3 Å². The van der Waals surface area contributed by atoms with E-state index in [1.165, 1.54) is 7.05 Å². The molecule has 0 saturated carbocycles. The highest BCUT2D eigenvalue weighted by Crippen LogP contribution is 2.16. The molecule has 0 radical (unpaired) electrons. The average Bonchev–Trinajstić information content (AvgIpc) is 2.17. The molecule has 13 heavy (non-hydrogen) atoms. The predicted molar refractivity (Wildman–Crippen MR) is 47.7 cm³/mol. The Balaban J connectivity index is 2.89. The minimum atomic E-state index is 0.0588. The van der Waals surface area contributed by atoms with Gasteiger partial charge in [-0.15, -0.1) is 5.01 Å².